The Bertz CT molecular complexity index is 803. The third-order valence-corrected chi connectivity index (χ3v) is 4.50. The molecule has 0 bridgehead atoms. The predicted octanol–water partition coefficient (Wildman–Crippen LogP) is 3.46. The number of benzene rings is 1. The molecule has 2 N–H and O–H groups in total. The van der Waals surface area contributed by atoms with Crippen molar-refractivity contribution in [2.75, 3.05) is 11.9 Å². The first-order chi connectivity index (χ1) is 13.2. The summed E-state index contributed by atoms with van der Waals surface area (Å²) < 4.78 is 5.07. The first kappa shape index (κ1) is 18.8. The lowest BCUT2D eigenvalue weighted by Crippen LogP contribution is -2.36. The Hall–Kier alpha value is -2.96. The van der Waals surface area contributed by atoms with Crippen LogP contribution in [-0.4, -0.2) is 34.5 Å². The van der Waals surface area contributed by atoms with Gasteiger partial charge in [0, 0.05) is 12.2 Å². The highest BCUT2D eigenvalue weighted by Crippen LogP contribution is 2.20. The van der Waals surface area contributed by atoms with Crippen LogP contribution in [0.4, 0.5) is 11.6 Å². The highest BCUT2D eigenvalue weighted by atomic mass is 16.5. The van der Waals surface area contributed by atoms with Crippen molar-refractivity contribution in [1.29, 1.82) is 0 Å². The third-order valence-electron chi connectivity index (χ3n) is 4.50. The van der Waals surface area contributed by atoms with E-state index in [9.17, 15) is 9.59 Å². The number of nitrogens with zero attached hydrogens (tertiary/aromatic N) is 2. The largest absolute Gasteiger partial charge is 0.462 e. The van der Waals surface area contributed by atoms with Crippen LogP contribution in [0.2, 0.25) is 0 Å². The monoisotopic (exact) mass is 368 g/mol. The van der Waals surface area contributed by atoms with Gasteiger partial charge in [-0.3, -0.25) is 4.79 Å². The molecule has 1 aromatic carbocycles. The van der Waals surface area contributed by atoms with Gasteiger partial charge in [0.05, 0.1) is 17.9 Å². The molecule has 0 unspecified atom stereocenters. The van der Waals surface area contributed by atoms with Gasteiger partial charge >= 0.3 is 5.97 Å². The maximum absolute atomic E-state index is 12.5. The van der Waals surface area contributed by atoms with Gasteiger partial charge < -0.3 is 15.4 Å². The van der Waals surface area contributed by atoms with Crippen LogP contribution >= 0.6 is 0 Å². The molecule has 0 atom stereocenters. The van der Waals surface area contributed by atoms with Crippen LogP contribution in [0.3, 0.4) is 0 Å². The van der Waals surface area contributed by atoms with Crippen LogP contribution in [-0.2, 0) is 4.74 Å². The number of ether oxygens (including phenoxy) is 1. The van der Waals surface area contributed by atoms with E-state index >= 15 is 0 Å². The fraction of sp³-hybridized carbons (Fsp3) is 0.400. The fourth-order valence-corrected chi connectivity index (χ4v) is 3.15. The Kier molecular flexibility index (Phi) is 6.35. The number of hydrogen-bond acceptors (Lipinski definition) is 6. The zero-order valence-corrected chi connectivity index (χ0v) is 15.4. The maximum atomic E-state index is 12.5. The van der Waals surface area contributed by atoms with Crippen molar-refractivity contribution in [3.8, 4) is 0 Å². The van der Waals surface area contributed by atoms with Crippen molar-refractivity contribution >= 4 is 23.5 Å². The first-order valence-electron chi connectivity index (χ1n) is 9.34. The van der Waals surface area contributed by atoms with Gasteiger partial charge in [0.1, 0.15) is 5.69 Å². The lowest BCUT2D eigenvalue weighted by atomic mass is 9.95. The van der Waals surface area contributed by atoms with Gasteiger partial charge in [-0.05, 0) is 38.0 Å². The molecule has 1 saturated carbocycles. The number of carbonyl (C=O) groups excluding carboxylic acids is 2. The number of hydrogen-bond donors (Lipinski definition) is 2. The summed E-state index contributed by atoms with van der Waals surface area (Å²) in [7, 11) is 0. The van der Waals surface area contributed by atoms with Crippen LogP contribution < -0.4 is 10.6 Å². The molecular formula is C20H24N4O3. The highest BCUT2D eigenvalue weighted by molar-refractivity contribution is 5.96. The molecule has 0 saturated heterocycles. The van der Waals surface area contributed by atoms with E-state index in [1.54, 1.807) is 37.3 Å². The number of esters is 1. The molecule has 7 heteroatoms. The molecule has 0 aliphatic heterocycles. The summed E-state index contributed by atoms with van der Waals surface area (Å²) in [5.74, 6) is -0.374. The van der Waals surface area contributed by atoms with Gasteiger partial charge in [-0.15, -0.1) is 0 Å². The summed E-state index contributed by atoms with van der Waals surface area (Å²) in [6.45, 7) is 2.05. The van der Waals surface area contributed by atoms with Gasteiger partial charge in [0.15, 0.2) is 0 Å². The Labute approximate surface area is 158 Å². The van der Waals surface area contributed by atoms with E-state index in [1.807, 2.05) is 0 Å². The van der Waals surface area contributed by atoms with Gasteiger partial charge in [-0.25, -0.2) is 14.8 Å². The van der Waals surface area contributed by atoms with E-state index in [0.29, 0.717) is 23.6 Å². The molecule has 1 aliphatic rings. The number of rotatable bonds is 6. The molecule has 0 radical (unpaired) electrons. The van der Waals surface area contributed by atoms with E-state index in [-0.39, 0.29) is 17.9 Å². The second kappa shape index (κ2) is 9.12. The zero-order valence-electron chi connectivity index (χ0n) is 15.4. The van der Waals surface area contributed by atoms with Crippen molar-refractivity contribution < 1.29 is 14.3 Å². The molecule has 1 fully saturated rings. The van der Waals surface area contributed by atoms with Gasteiger partial charge in [0.25, 0.3) is 5.91 Å². The van der Waals surface area contributed by atoms with Crippen molar-refractivity contribution in [3.05, 3.63) is 47.8 Å². The average molecular weight is 368 g/mol. The molecule has 1 aromatic heterocycles. The molecule has 3 rings (SSSR count). The minimum Gasteiger partial charge on any atom is -0.462 e. The molecule has 1 amide bonds. The van der Waals surface area contributed by atoms with Crippen molar-refractivity contribution in [1.82, 2.24) is 15.3 Å². The Morgan fingerprint density at radius 1 is 1.15 bits per heavy atom. The summed E-state index contributed by atoms with van der Waals surface area (Å²) in [6.07, 6.45) is 7.06. The molecule has 1 heterocycles. The van der Waals surface area contributed by atoms with Crippen LogP contribution in [0.15, 0.2) is 36.5 Å². The summed E-state index contributed by atoms with van der Waals surface area (Å²) in [5.41, 5.74) is 1.22. The van der Waals surface area contributed by atoms with Crippen LogP contribution in [0.25, 0.3) is 0 Å². The lowest BCUT2D eigenvalue weighted by molar-refractivity contribution is 0.0527. The Balaban J connectivity index is 1.72. The zero-order chi connectivity index (χ0) is 19.1. The summed E-state index contributed by atoms with van der Waals surface area (Å²) >= 11 is 0. The molecule has 2 aromatic rings. The number of para-hydroxylation sites is 1. The van der Waals surface area contributed by atoms with Crippen molar-refractivity contribution in [3.63, 3.8) is 0 Å². The average Bonchev–Trinajstić information content (AvgIpc) is 2.69. The molecule has 27 heavy (non-hydrogen) atoms. The topological polar surface area (TPSA) is 93.2 Å². The van der Waals surface area contributed by atoms with E-state index in [1.165, 1.54) is 12.6 Å². The summed E-state index contributed by atoms with van der Waals surface area (Å²) in [4.78, 5) is 33.0. The van der Waals surface area contributed by atoms with E-state index < -0.39 is 5.97 Å². The normalized spacial score (nSPS) is 14.4. The second-order valence-electron chi connectivity index (χ2n) is 6.46. The van der Waals surface area contributed by atoms with Gasteiger partial charge in [0.2, 0.25) is 5.95 Å². The molecule has 1 aliphatic carbocycles. The van der Waals surface area contributed by atoms with Crippen LogP contribution in [0, 0.1) is 0 Å². The smallest absolute Gasteiger partial charge is 0.340 e. The first-order valence-corrected chi connectivity index (χ1v) is 9.34. The summed E-state index contributed by atoms with van der Waals surface area (Å²) in [5, 5.41) is 6.05. The fourth-order valence-electron chi connectivity index (χ4n) is 3.15. The number of amides is 1. The Morgan fingerprint density at radius 3 is 2.70 bits per heavy atom. The Morgan fingerprint density at radius 2 is 1.93 bits per heavy atom. The summed E-state index contributed by atoms with van der Waals surface area (Å²) in [6, 6.07) is 8.75. The van der Waals surface area contributed by atoms with Crippen molar-refractivity contribution in [2.45, 2.75) is 45.1 Å². The maximum Gasteiger partial charge on any atom is 0.340 e. The lowest BCUT2D eigenvalue weighted by Gasteiger charge is -2.22. The third kappa shape index (κ3) is 5.03. The van der Waals surface area contributed by atoms with E-state index in [4.69, 9.17) is 4.74 Å². The number of carbonyl (C=O) groups is 2. The predicted molar refractivity (Wildman–Crippen MR) is 102 cm³/mol. The van der Waals surface area contributed by atoms with E-state index in [0.717, 1.165) is 25.7 Å². The van der Waals surface area contributed by atoms with E-state index in [2.05, 4.69) is 20.6 Å². The minimum absolute atomic E-state index is 0.203. The highest BCUT2D eigenvalue weighted by Gasteiger charge is 2.18. The second-order valence-corrected chi connectivity index (χ2v) is 6.46. The standard InChI is InChI=1S/C20H24N4O3/c1-2-27-19(26)15-10-6-7-11-16(15)23-20-21-13-12-17(24-20)18(25)22-14-8-4-3-5-9-14/h6-7,10-14H,2-5,8-9H2,1H3,(H,22,25)(H,21,23,24). The van der Waals surface area contributed by atoms with Crippen molar-refractivity contribution in [2.24, 2.45) is 0 Å². The number of nitrogens with one attached hydrogen (secondary N) is 2. The molecule has 7 nitrogen and oxygen atoms in total. The van der Waals surface area contributed by atoms with Gasteiger partial charge in [-0.2, -0.15) is 0 Å². The minimum atomic E-state index is -0.424. The van der Waals surface area contributed by atoms with Crippen LogP contribution in [0.5, 0.6) is 0 Å². The number of anilines is 2. The molecule has 0 spiro atoms. The van der Waals surface area contributed by atoms with Crippen LogP contribution in [0.1, 0.15) is 59.9 Å². The van der Waals surface area contributed by atoms with Gasteiger partial charge in [-0.1, -0.05) is 31.4 Å². The molecule has 142 valence electrons. The quantitative estimate of drug-likeness (QED) is 0.759. The number of aromatic nitrogens is 2. The molecular weight excluding hydrogens is 344 g/mol. The SMILES string of the molecule is CCOC(=O)c1ccccc1Nc1nccc(C(=O)NC2CCCCC2)n1.